The Kier molecular flexibility index (Phi) is 4.55. The third-order valence-corrected chi connectivity index (χ3v) is 6.67. The molecule has 4 aromatic rings. The summed E-state index contributed by atoms with van der Waals surface area (Å²) in [4.78, 5) is 23.9. The summed E-state index contributed by atoms with van der Waals surface area (Å²) in [5.41, 5.74) is 3.34. The molecule has 1 amide bonds. The Labute approximate surface area is 194 Å². The van der Waals surface area contributed by atoms with Gasteiger partial charge in [-0.05, 0) is 38.8 Å². The van der Waals surface area contributed by atoms with Crippen molar-refractivity contribution in [3.05, 3.63) is 53.2 Å². The molecule has 1 fully saturated rings. The summed E-state index contributed by atoms with van der Waals surface area (Å²) in [7, 11) is 1.78. The van der Waals surface area contributed by atoms with Gasteiger partial charge in [0.25, 0.3) is 6.43 Å². The van der Waals surface area contributed by atoms with Gasteiger partial charge in [0, 0.05) is 23.9 Å². The van der Waals surface area contributed by atoms with Crippen molar-refractivity contribution in [1.82, 2.24) is 34.4 Å². The standard InChI is InChI=1S/C24H23F2N7O/c1-12-10-32(30-29-12)23-17(21(25)26)9-16-15(5-4-6-18(16)27-23)20-19-11-31(3)24(34)13(2)33(19)22(28-20)14-7-8-14/h4-6,9-10,13-14,21H,7-8,11H2,1-3H3. The van der Waals surface area contributed by atoms with E-state index < -0.39 is 6.43 Å². The number of aryl methyl sites for hydroxylation is 1. The highest BCUT2D eigenvalue weighted by atomic mass is 19.3. The lowest BCUT2D eigenvalue weighted by atomic mass is 10.0. The molecule has 1 aromatic carbocycles. The van der Waals surface area contributed by atoms with Gasteiger partial charge in [0.1, 0.15) is 11.9 Å². The first kappa shape index (κ1) is 20.9. The smallest absolute Gasteiger partial charge is 0.267 e. The minimum Gasteiger partial charge on any atom is -0.338 e. The highest BCUT2D eigenvalue weighted by molar-refractivity contribution is 5.96. The first-order valence-corrected chi connectivity index (χ1v) is 11.3. The van der Waals surface area contributed by atoms with Crippen LogP contribution in [-0.4, -0.2) is 47.4 Å². The lowest BCUT2D eigenvalue weighted by molar-refractivity contribution is -0.135. The van der Waals surface area contributed by atoms with Gasteiger partial charge >= 0.3 is 0 Å². The summed E-state index contributed by atoms with van der Waals surface area (Å²) in [5, 5.41) is 8.45. The number of aromatic nitrogens is 6. The van der Waals surface area contributed by atoms with Crippen LogP contribution in [0.15, 0.2) is 30.5 Å². The molecule has 2 aliphatic rings. The van der Waals surface area contributed by atoms with Crippen molar-refractivity contribution >= 4 is 16.8 Å². The highest BCUT2D eigenvalue weighted by Gasteiger charge is 2.38. The van der Waals surface area contributed by atoms with Crippen molar-refractivity contribution in [2.45, 2.75) is 51.6 Å². The number of likely N-dealkylation sites (N-methyl/N-ethyl adjacent to an activating group) is 1. The maximum atomic E-state index is 14.2. The van der Waals surface area contributed by atoms with Gasteiger partial charge < -0.3 is 9.47 Å². The molecule has 1 unspecified atom stereocenters. The van der Waals surface area contributed by atoms with Crippen LogP contribution in [-0.2, 0) is 11.3 Å². The third kappa shape index (κ3) is 3.12. The number of nitrogens with zero attached hydrogens (tertiary/aromatic N) is 7. The number of hydrogen-bond acceptors (Lipinski definition) is 5. The van der Waals surface area contributed by atoms with Crippen LogP contribution in [0.25, 0.3) is 28.0 Å². The number of benzene rings is 1. The second kappa shape index (κ2) is 7.41. The summed E-state index contributed by atoms with van der Waals surface area (Å²) in [6.07, 6.45) is 0.914. The van der Waals surface area contributed by atoms with Gasteiger partial charge in [-0.3, -0.25) is 4.79 Å². The van der Waals surface area contributed by atoms with Gasteiger partial charge in [-0.15, -0.1) is 5.10 Å². The van der Waals surface area contributed by atoms with Gasteiger partial charge in [0.15, 0.2) is 5.82 Å². The Morgan fingerprint density at radius 2 is 1.97 bits per heavy atom. The minimum absolute atomic E-state index is 0.0469. The van der Waals surface area contributed by atoms with Crippen LogP contribution in [0.4, 0.5) is 8.78 Å². The van der Waals surface area contributed by atoms with Crippen molar-refractivity contribution in [2.24, 2.45) is 0 Å². The van der Waals surface area contributed by atoms with Crippen LogP contribution in [0, 0.1) is 6.92 Å². The number of hydrogen-bond donors (Lipinski definition) is 0. The monoisotopic (exact) mass is 463 g/mol. The molecule has 4 heterocycles. The lowest BCUT2D eigenvalue weighted by Gasteiger charge is -2.31. The van der Waals surface area contributed by atoms with E-state index in [1.54, 1.807) is 31.1 Å². The molecule has 0 saturated heterocycles. The van der Waals surface area contributed by atoms with Gasteiger partial charge in [-0.1, -0.05) is 17.3 Å². The molecular formula is C24H23F2N7O. The fourth-order valence-corrected chi connectivity index (χ4v) is 4.85. The highest BCUT2D eigenvalue weighted by Crippen LogP contribution is 2.45. The zero-order chi connectivity index (χ0) is 23.7. The third-order valence-electron chi connectivity index (χ3n) is 6.67. The van der Waals surface area contributed by atoms with Crippen molar-refractivity contribution in [3.63, 3.8) is 0 Å². The second-order valence-electron chi connectivity index (χ2n) is 9.16. The molecule has 6 rings (SSSR count). The number of alkyl halides is 2. The summed E-state index contributed by atoms with van der Waals surface area (Å²) in [6.45, 7) is 4.05. The van der Waals surface area contributed by atoms with E-state index in [0.717, 1.165) is 35.6 Å². The Bertz CT molecular complexity index is 1450. The van der Waals surface area contributed by atoms with Crippen molar-refractivity contribution in [2.75, 3.05) is 7.05 Å². The average Bonchev–Trinajstić information content (AvgIpc) is 3.46. The van der Waals surface area contributed by atoms with E-state index in [-0.39, 0.29) is 23.3 Å². The number of imidazole rings is 1. The van der Waals surface area contributed by atoms with Gasteiger partial charge in [0.2, 0.25) is 5.91 Å². The zero-order valence-corrected chi connectivity index (χ0v) is 19.0. The van der Waals surface area contributed by atoms with E-state index in [4.69, 9.17) is 4.98 Å². The maximum absolute atomic E-state index is 14.2. The van der Waals surface area contributed by atoms with Crippen molar-refractivity contribution in [3.8, 4) is 17.1 Å². The van der Waals surface area contributed by atoms with Crippen LogP contribution < -0.4 is 0 Å². The van der Waals surface area contributed by atoms with E-state index in [2.05, 4.69) is 19.9 Å². The van der Waals surface area contributed by atoms with Crippen LogP contribution in [0.3, 0.4) is 0 Å². The first-order chi connectivity index (χ1) is 16.3. The molecule has 10 heteroatoms. The van der Waals surface area contributed by atoms with E-state index in [1.807, 2.05) is 19.1 Å². The second-order valence-corrected chi connectivity index (χ2v) is 9.16. The summed E-state index contributed by atoms with van der Waals surface area (Å²) >= 11 is 0. The number of rotatable bonds is 4. The van der Waals surface area contributed by atoms with E-state index in [9.17, 15) is 13.6 Å². The Morgan fingerprint density at radius 3 is 2.65 bits per heavy atom. The maximum Gasteiger partial charge on any atom is 0.267 e. The van der Waals surface area contributed by atoms with Crippen LogP contribution in [0.5, 0.6) is 0 Å². The summed E-state index contributed by atoms with van der Waals surface area (Å²) in [5.74, 6) is 1.35. The number of pyridine rings is 1. The number of halogens is 2. The molecule has 0 N–H and O–H groups in total. The van der Waals surface area contributed by atoms with E-state index in [0.29, 0.717) is 29.1 Å². The molecule has 3 aromatic heterocycles. The molecule has 1 saturated carbocycles. The van der Waals surface area contributed by atoms with Crippen molar-refractivity contribution in [1.29, 1.82) is 0 Å². The number of amides is 1. The Hall–Kier alpha value is -3.69. The molecule has 0 bridgehead atoms. The first-order valence-electron chi connectivity index (χ1n) is 11.3. The fourth-order valence-electron chi connectivity index (χ4n) is 4.85. The van der Waals surface area contributed by atoms with Gasteiger partial charge in [-0.2, -0.15) is 0 Å². The topological polar surface area (TPSA) is 81.7 Å². The van der Waals surface area contributed by atoms with Gasteiger partial charge in [-0.25, -0.2) is 23.4 Å². The van der Waals surface area contributed by atoms with Crippen LogP contribution >= 0.6 is 0 Å². The summed E-state index contributed by atoms with van der Waals surface area (Å²) < 4.78 is 31.7. The quantitative estimate of drug-likeness (QED) is 0.450. The molecule has 174 valence electrons. The number of fused-ring (bicyclic) bond motifs is 2. The number of carbonyl (C=O) groups excluding carboxylic acids is 1. The van der Waals surface area contributed by atoms with Crippen LogP contribution in [0.2, 0.25) is 0 Å². The normalized spacial score (nSPS) is 18.2. The molecule has 1 atom stereocenters. The molecular weight excluding hydrogens is 440 g/mol. The fraction of sp³-hybridized carbons (Fsp3) is 0.375. The molecule has 8 nitrogen and oxygen atoms in total. The molecule has 34 heavy (non-hydrogen) atoms. The summed E-state index contributed by atoms with van der Waals surface area (Å²) in [6, 6.07) is 6.67. The van der Waals surface area contributed by atoms with Crippen LogP contribution in [0.1, 0.15) is 60.9 Å². The largest absolute Gasteiger partial charge is 0.338 e. The molecule has 1 aliphatic heterocycles. The average molecular weight is 463 g/mol. The number of carbonyl (C=O) groups is 1. The minimum atomic E-state index is -2.74. The SMILES string of the molecule is Cc1cn(-c2nc3cccc(-c4nc(C5CC5)n5c4CN(C)C(=O)C5C)c3cc2C(F)F)nn1. The molecule has 0 radical (unpaired) electrons. The van der Waals surface area contributed by atoms with E-state index in [1.165, 1.54) is 10.7 Å². The molecule has 1 aliphatic carbocycles. The van der Waals surface area contributed by atoms with Crippen molar-refractivity contribution < 1.29 is 13.6 Å². The predicted octanol–water partition coefficient (Wildman–Crippen LogP) is 4.34. The van der Waals surface area contributed by atoms with Gasteiger partial charge in [0.05, 0.1) is 40.9 Å². The Balaban J connectivity index is 1.59. The molecule has 0 spiro atoms. The van der Waals surface area contributed by atoms with E-state index >= 15 is 0 Å². The predicted molar refractivity (Wildman–Crippen MR) is 121 cm³/mol. The zero-order valence-electron chi connectivity index (χ0n) is 19.0. The lowest BCUT2D eigenvalue weighted by Crippen LogP contribution is -2.39. The Morgan fingerprint density at radius 1 is 1.18 bits per heavy atom.